The van der Waals surface area contributed by atoms with Gasteiger partial charge >= 0.3 is 0 Å². The number of amides is 1. The molecule has 0 saturated carbocycles. The van der Waals surface area contributed by atoms with Crippen molar-refractivity contribution in [1.29, 1.82) is 0 Å². The number of rotatable bonds is 4. The highest BCUT2D eigenvalue weighted by molar-refractivity contribution is 8.29. The van der Waals surface area contributed by atoms with Crippen molar-refractivity contribution in [3.05, 3.63) is 57.8 Å². The van der Waals surface area contributed by atoms with Crippen LogP contribution >= 0.6 is 44.7 Å². The number of anilines is 1. The predicted octanol–water partition coefficient (Wildman–Crippen LogP) is 5.19. The van der Waals surface area contributed by atoms with Crippen molar-refractivity contribution in [3.8, 4) is 9.75 Å². The quantitative estimate of drug-likeness (QED) is 0.491. The minimum Gasteiger partial charge on any atom is -0.325 e. The summed E-state index contributed by atoms with van der Waals surface area (Å²) in [7, 11) is -1.40. The van der Waals surface area contributed by atoms with Gasteiger partial charge in [-0.25, -0.2) is 9.37 Å². The third kappa shape index (κ3) is 4.82. The number of carbonyl (C=O) groups excluding carboxylic acids is 1. The lowest BCUT2D eigenvalue weighted by Crippen LogP contribution is -2.52. The van der Waals surface area contributed by atoms with Crippen LogP contribution in [0.2, 0.25) is 5.02 Å². The first-order valence-corrected chi connectivity index (χ1v) is 13.4. The maximum absolute atomic E-state index is 13.4. The molecule has 1 amide bonds. The summed E-state index contributed by atoms with van der Waals surface area (Å²) in [6.07, 6.45) is 6.60. The molecule has 2 unspecified atom stereocenters. The van der Waals surface area contributed by atoms with Gasteiger partial charge in [-0.1, -0.05) is 17.7 Å². The molecule has 1 fully saturated rings. The standard InChI is InChI=1S/C19H20ClFN4OS3/c1-29(2)24-14(18(26)23-11-5-6-13(21)12(20)8-11)9-15(25-29)19-22-10-17(28-19)16-4-3-7-27-16/h3-8,10,14-15,24-25H,9H2,1-2H3,(H,23,26). The Labute approximate surface area is 183 Å². The van der Waals surface area contributed by atoms with Crippen molar-refractivity contribution in [2.24, 2.45) is 0 Å². The van der Waals surface area contributed by atoms with Gasteiger partial charge < -0.3 is 5.32 Å². The van der Waals surface area contributed by atoms with E-state index in [9.17, 15) is 9.18 Å². The number of nitrogens with one attached hydrogen (secondary N) is 3. The maximum Gasteiger partial charge on any atom is 0.242 e. The molecule has 1 aliphatic heterocycles. The fourth-order valence-corrected chi connectivity index (χ4v) is 7.13. The average molecular weight is 471 g/mol. The number of hydrogen-bond acceptors (Lipinski definition) is 6. The Morgan fingerprint density at radius 2 is 2.14 bits per heavy atom. The zero-order chi connectivity index (χ0) is 20.6. The van der Waals surface area contributed by atoms with E-state index in [2.05, 4.69) is 38.3 Å². The number of thiophene rings is 1. The van der Waals surface area contributed by atoms with Crippen molar-refractivity contribution in [3.63, 3.8) is 0 Å². The maximum atomic E-state index is 13.4. The van der Waals surface area contributed by atoms with Gasteiger partial charge in [0.05, 0.1) is 22.0 Å². The van der Waals surface area contributed by atoms with E-state index < -0.39 is 22.3 Å². The van der Waals surface area contributed by atoms with Crippen LogP contribution < -0.4 is 14.8 Å². The van der Waals surface area contributed by atoms with Gasteiger partial charge in [-0.05, 0) is 48.6 Å². The van der Waals surface area contributed by atoms with Gasteiger partial charge in [0.1, 0.15) is 10.8 Å². The number of carbonyl (C=O) groups is 1. The van der Waals surface area contributed by atoms with Gasteiger partial charge in [-0.2, -0.15) is 0 Å². The first-order valence-electron chi connectivity index (χ1n) is 8.84. The number of aromatic nitrogens is 1. The molecule has 154 valence electrons. The molecule has 5 nitrogen and oxygen atoms in total. The lowest BCUT2D eigenvalue weighted by Gasteiger charge is -2.45. The molecule has 2 aromatic heterocycles. The molecule has 2 atom stereocenters. The Hall–Kier alpha value is -1.49. The van der Waals surface area contributed by atoms with Crippen LogP contribution in [0.4, 0.5) is 10.1 Å². The summed E-state index contributed by atoms with van der Waals surface area (Å²) in [4.78, 5) is 19.8. The second-order valence-corrected chi connectivity index (χ2v) is 12.6. The first-order chi connectivity index (χ1) is 13.8. The molecule has 10 heteroatoms. The molecule has 29 heavy (non-hydrogen) atoms. The Balaban J connectivity index is 1.51. The summed E-state index contributed by atoms with van der Waals surface area (Å²) >= 11 is 9.16. The Morgan fingerprint density at radius 1 is 1.31 bits per heavy atom. The minimum absolute atomic E-state index is 0.0196. The highest BCUT2D eigenvalue weighted by Crippen LogP contribution is 2.43. The Morgan fingerprint density at radius 3 is 2.86 bits per heavy atom. The number of hydrogen-bond donors (Lipinski definition) is 3. The first kappa shape index (κ1) is 20.8. The van der Waals surface area contributed by atoms with Crippen LogP contribution in [-0.2, 0) is 4.79 Å². The normalized spacial score (nSPS) is 22.2. The van der Waals surface area contributed by atoms with E-state index in [-0.39, 0.29) is 17.0 Å². The second-order valence-electron chi connectivity index (χ2n) is 7.06. The van der Waals surface area contributed by atoms with Crippen LogP contribution in [0.5, 0.6) is 0 Å². The summed E-state index contributed by atoms with van der Waals surface area (Å²) in [5, 5.41) is 5.83. The van der Waals surface area contributed by atoms with E-state index in [1.165, 1.54) is 23.1 Å². The van der Waals surface area contributed by atoms with E-state index in [1.807, 2.05) is 17.6 Å². The molecule has 3 aromatic rings. The van der Waals surface area contributed by atoms with Crippen LogP contribution in [0, 0.1) is 5.82 Å². The molecule has 4 rings (SSSR count). The van der Waals surface area contributed by atoms with Crippen molar-refractivity contribution < 1.29 is 9.18 Å². The molecule has 0 aliphatic carbocycles. The monoisotopic (exact) mass is 470 g/mol. The summed E-state index contributed by atoms with van der Waals surface area (Å²) in [6.45, 7) is 0. The number of halogens is 2. The van der Waals surface area contributed by atoms with Gasteiger partial charge in [-0.15, -0.1) is 33.1 Å². The molecular formula is C19H20ClFN4OS3. The number of thiazole rings is 1. The molecule has 1 aliphatic rings. The Bertz CT molecular complexity index is 1020. The van der Waals surface area contributed by atoms with Crippen molar-refractivity contribution >= 4 is 56.3 Å². The van der Waals surface area contributed by atoms with E-state index >= 15 is 0 Å². The molecule has 3 N–H and O–H groups in total. The molecule has 1 aromatic carbocycles. The minimum atomic E-state index is -1.40. The van der Waals surface area contributed by atoms with Gasteiger partial charge in [0, 0.05) is 16.8 Å². The summed E-state index contributed by atoms with van der Waals surface area (Å²) in [5.41, 5.74) is 0.473. The van der Waals surface area contributed by atoms with Crippen LogP contribution in [-0.4, -0.2) is 29.4 Å². The molecule has 0 radical (unpaired) electrons. The van der Waals surface area contributed by atoms with Crippen molar-refractivity contribution in [2.75, 3.05) is 17.8 Å². The van der Waals surface area contributed by atoms with Gasteiger partial charge in [0.2, 0.25) is 5.91 Å². The molecular weight excluding hydrogens is 451 g/mol. The fourth-order valence-electron chi connectivity index (χ4n) is 3.17. The van der Waals surface area contributed by atoms with Gasteiger partial charge in [0.15, 0.2) is 0 Å². The Kier molecular flexibility index (Phi) is 5.97. The van der Waals surface area contributed by atoms with Crippen molar-refractivity contribution in [1.82, 2.24) is 14.4 Å². The topological polar surface area (TPSA) is 66.0 Å². The zero-order valence-electron chi connectivity index (χ0n) is 15.7. The van der Waals surface area contributed by atoms with E-state index in [4.69, 9.17) is 11.6 Å². The fraction of sp³-hybridized carbons (Fsp3) is 0.263. The smallest absolute Gasteiger partial charge is 0.242 e. The molecule has 0 spiro atoms. The third-order valence-electron chi connectivity index (χ3n) is 4.43. The highest BCUT2D eigenvalue weighted by Gasteiger charge is 2.35. The van der Waals surface area contributed by atoms with E-state index in [0.717, 1.165) is 9.88 Å². The summed E-state index contributed by atoms with van der Waals surface area (Å²) in [5.74, 6) is -0.685. The third-order valence-corrected chi connectivity index (χ3v) is 8.65. The van der Waals surface area contributed by atoms with Crippen molar-refractivity contribution in [2.45, 2.75) is 18.5 Å². The van der Waals surface area contributed by atoms with E-state index in [0.29, 0.717) is 12.1 Å². The number of nitrogens with zero attached hydrogens (tertiary/aromatic N) is 1. The molecule has 1 saturated heterocycles. The van der Waals surface area contributed by atoms with Gasteiger partial charge in [0.25, 0.3) is 0 Å². The summed E-state index contributed by atoms with van der Waals surface area (Å²) < 4.78 is 20.4. The van der Waals surface area contributed by atoms with Crippen LogP contribution in [0.25, 0.3) is 9.75 Å². The highest BCUT2D eigenvalue weighted by atomic mass is 35.5. The van der Waals surface area contributed by atoms with Crippen LogP contribution in [0.15, 0.2) is 41.9 Å². The van der Waals surface area contributed by atoms with Gasteiger partial charge in [-0.3, -0.25) is 14.2 Å². The zero-order valence-corrected chi connectivity index (χ0v) is 18.9. The number of benzene rings is 1. The molecule has 0 bridgehead atoms. The predicted molar refractivity (Wildman–Crippen MR) is 122 cm³/mol. The van der Waals surface area contributed by atoms with E-state index in [1.54, 1.807) is 22.7 Å². The second kappa shape index (κ2) is 8.33. The lowest BCUT2D eigenvalue weighted by atomic mass is 10.1. The largest absolute Gasteiger partial charge is 0.325 e. The van der Waals surface area contributed by atoms with Crippen LogP contribution in [0.3, 0.4) is 0 Å². The summed E-state index contributed by atoms with van der Waals surface area (Å²) in [6, 6.07) is 7.85. The SMILES string of the molecule is CS1(C)NC(C(=O)Nc2ccc(F)c(Cl)c2)CC(c2ncc(-c3cccs3)s2)N1. The van der Waals surface area contributed by atoms with Crippen LogP contribution in [0.1, 0.15) is 17.5 Å². The lowest BCUT2D eigenvalue weighted by molar-refractivity contribution is -0.118. The molecule has 3 heterocycles. The average Bonchev–Trinajstić information content (AvgIpc) is 3.34.